The summed E-state index contributed by atoms with van der Waals surface area (Å²) in [5.74, 6) is -2.35. The summed E-state index contributed by atoms with van der Waals surface area (Å²) in [5.41, 5.74) is -1.12. The van der Waals surface area contributed by atoms with Gasteiger partial charge in [-0.15, -0.1) is 14.6 Å². The molecule has 0 saturated heterocycles. The topological polar surface area (TPSA) is 353 Å². The molecule has 1 aromatic heterocycles. The van der Waals surface area contributed by atoms with Crippen molar-refractivity contribution < 1.29 is 71.2 Å². The molecule has 56 heavy (non-hydrogen) atoms. The van der Waals surface area contributed by atoms with E-state index in [-0.39, 0.29) is 55.6 Å². The van der Waals surface area contributed by atoms with Gasteiger partial charge in [-0.05, 0) is 65.5 Å². The molecule has 0 amide bonds. The predicted molar refractivity (Wildman–Crippen MR) is 194 cm³/mol. The summed E-state index contributed by atoms with van der Waals surface area (Å²) in [4.78, 5) is 10.1. The molecular weight excluding hydrogens is 874 g/mol. The molecule has 5 rings (SSSR count). The first-order valence-corrected chi connectivity index (χ1v) is 21.5. The van der Waals surface area contributed by atoms with Crippen molar-refractivity contribution in [1.29, 1.82) is 0 Å². The molecule has 0 unspecified atom stereocenters. The largest absolute Gasteiger partial charge is 0.505 e. The Hall–Kier alpha value is -4.69. The molecule has 0 aliphatic heterocycles. The number of sulfone groups is 1. The van der Waals surface area contributed by atoms with Crippen LogP contribution in [0.4, 0.5) is 34.6 Å². The van der Waals surface area contributed by atoms with E-state index in [2.05, 4.69) is 49.4 Å². The summed E-state index contributed by atoms with van der Waals surface area (Å²) in [7, 11) is -18.8. The minimum absolute atomic E-state index is 0.0659. The van der Waals surface area contributed by atoms with E-state index in [0.717, 1.165) is 30.3 Å². The maximum Gasteiger partial charge on any atom is 0.397 e. The van der Waals surface area contributed by atoms with Gasteiger partial charge < -0.3 is 15.7 Å². The molecule has 0 bridgehead atoms. The van der Waals surface area contributed by atoms with Crippen LogP contribution in [0.5, 0.6) is 5.75 Å². The minimum Gasteiger partial charge on any atom is -0.505 e. The molecule has 0 aliphatic carbocycles. The van der Waals surface area contributed by atoms with Crippen molar-refractivity contribution >= 4 is 110 Å². The monoisotopic (exact) mass is 895 g/mol. The van der Waals surface area contributed by atoms with E-state index < -0.39 is 85.3 Å². The Kier molecular flexibility index (Phi) is 12.7. The molecule has 4 aromatic carbocycles. The van der Waals surface area contributed by atoms with Gasteiger partial charge in [-0.3, -0.25) is 13.7 Å². The van der Waals surface area contributed by atoms with Crippen molar-refractivity contribution in [2.45, 2.75) is 19.6 Å². The van der Waals surface area contributed by atoms with Crippen molar-refractivity contribution in [3.63, 3.8) is 0 Å². The number of anilines is 4. The van der Waals surface area contributed by atoms with E-state index in [1.54, 1.807) is 0 Å². The average Bonchev–Trinajstić information content (AvgIpc) is 3.08. The number of hydrogen-bond acceptors (Lipinski definition) is 21. The van der Waals surface area contributed by atoms with Crippen LogP contribution in [0.1, 0.15) is 0 Å². The fourth-order valence-corrected chi connectivity index (χ4v) is 7.98. The normalized spacial score (nSPS) is 12.7. The second-order valence-electron chi connectivity index (χ2n) is 10.6. The van der Waals surface area contributed by atoms with E-state index in [1.807, 2.05) is 0 Å². The van der Waals surface area contributed by atoms with Crippen LogP contribution in [-0.2, 0) is 54.0 Å². The molecule has 0 radical (unpaired) electrons. The van der Waals surface area contributed by atoms with Gasteiger partial charge in [0.15, 0.2) is 15.6 Å². The SMILES string of the molecule is O=S(=O)(O)OCCS(=O)(=O)c1cccc(Nc2nc(Cl)nc(Nc3cc(S(=O)(=O)O)cc4cc(SOOO)c(N=Nc5ccccc5S(=O)(=O)O)c(O)c34)n2)c1. The van der Waals surface area contributed by atoms with Crippen LogP contribution < -0.4 is 10.6 Å². The van der Waals surface area contributed by atoms with Gasteiger partial charge in [-0.25, -0.2) is 17.9 Å². The van der Waals surface area contributed by atoms with E-state index >= 15 is 0 Å². The molecule has 0 saturated carbocycles. The predicted octanol–water partition coefficient (Wildman–Crippen LogP) is 4.80. The molecule has 7 N–H and O–H groups in total. The molecule has 23 nitrogen and oxygen atoms in total. The van der Waals surface area contributed by atoms with E-state index in [0.29, 0.717) is 0 Å². The molecular formula is C27H22ClN7O16S5. The van der Waals surface area contributed by atoms with E-state index in [9.17, 15) is 47.9 Å². The lowest BCUT2D eigenvalue weighted by molar-refractivity contribution is -0.432. The number of nitrogens with one attached hydrogen (secondary N) is 2. The summed E-state index contributed by atoms with van der Waals surface area (Å²) < 4.78 is 132. The highest BCUT2D eigenvalue weighted by Crippen LogP contribution is 2.47. The van der Waals surface area contributed by atoms with Crippen molar-refractivity contribution in [3.8, 4) is 5.75 Å². The van der Waals surface area contributed by atoms with E-state index in [1.165, 1.54) is 36.4 Å². The summed E-state index contributed by atoms with van der Waals surface area (Å²) in [6, 6.07) is 12.8. The highest BCUT2D eigenvalue weighted by molar-refractivity contribution is 7.94. The van der Waals surface area contributed by atoms with Gasteiger partial charge in [0.05, 0.1) is 44.8 Å². The van der Waals surface area contributed by atoms with Crippen LogP contribution in [0, 0.1) is 0 Å². The molecule has 0 atom stereocenters. The van der Waals surface area contributed by atoms with Gasteiger partial charge in [0.2, 0.25) is 17.2 Å². The van der Waals surface area contributed by atoms with Gasteiger partial charge in [0, 0.05) is 11.1 Å². The molecule has 5 aromatic rings. The number of phenols is 1. The van der Waals surface area contributed by atoms with Crippen molar-refractivity contribution in [3.05, 3.63) is 72.0 Å². The standard InChI is InChI=1S/C27H22ClN7O16S5/c28-25-31-26(29-15-4-3-5-16(12-15)53(38,39)9-8-49-56(46,47)48)33-27(32-25)30-19-13-17(54(40,41)42)10-14-11-20(52-51-50-37)23(24(36)22(14)19)35-34-18-6-1-2-7-21(18)55(43,44)45/h1-7,10-13,36-37H,8-9H2,(H,40,41,42)(H,43,44,45)(H,46,47,48)(H2,29,30,31,32,33). The number of nitrogens with zero attached hydrogens (tertiary/aromatic N) is 5. The average molecular weight is 896 g/mol. The van der Waals surface area contributed by atoms with Gasteiger partial charge in [0.1, 0.15) is 16.3 Å². The number of halogens is 1. The first-order chi connectivity index (χ1) is 26.1. The first kappa shape index (κ1) is 42.5. The molecule has 0 spiro atoms. The molecule has 1 heterocycles. The van der Waals surface area contributed by atoms with Crippen molar-refractivity contribution in [1.82, 2.24) is 15.0 Å². The van der Waals surface area contributed by atoms with Crippen LogP contribution in [-0.4, -0.2) is 85.0 Å². The Morgan fingerprint density at radius 1 is 0.786 bits per heavy atom. The van der Waals surface area contributed by atoms with Crippen LogP contribution in [0.3, 0.4) is 0 Å². The zero-order chi connectivity index (χ0) is 41.1. The number of aromatic nitrogens is 3. The number of rotatable bonds is 16. The summed E-state index contributed by atoms with van der Waals surface area (Å²) in [6.07, 6.45) is 0. The zero-order valence-electron chi connectivity index (χ0n) is 27.1. The number of hydrogen-bond donors (Lipinski definition) is 7. The lowest BCUT2D eigenvalue weighted by Crippen LogP contribution is -2.15. The van der Waals surface area contributed by atoms with Crippen LogP contribution in [0.25, 0.3) is 10.8 Å². The molecule has 298 valence electrons. The van der Waals surface area contributed by atoms with Crippen LogP contribution >= 0.6 is 23.6 Å². The van der Waals surface area contributed by atoms with Gasteiger partial charge in [-0.1, -0.05) is 23.2 Å². The fraction of sp³-hybridized carbons (Fsp3) is 0.0741. The molecule has 0 aliphatic rings. The Labute approximate surface area is 324 Å². The fourth-order valence-electron chi connectivity index (χ4n) is 4.63. The van der Waals surface area contributed by atoms with Gasteiger partial charge >= 0.3 is 10.4 Å². The highest BCUT2D eigenvalue weighted by atomic mass is 35.5. The smallest absolute Gasteiger partial charge is 0.397 e. The van der Waals surface area contributed by atoms with Crippen molar-refractivity contribution in [2.75, 3.05) is 23.0 Å². The Balaban J connectivity index is 1.58. The molecule has 29 heteroatoms. The second-order valence-corrected chi connectivity index (χ2v) is 17.7. The Bertz CT molecular complexity index is 2810. The Morgan fingerprint density at radius 2 is 1.48 bits per heavy atom. The lowest BCUT2D eigenvalue weighted by atomic mass is 10.1. The first-order valence-electron chi connectivity index (χ1n) is 14.5. The third-order valence-electron chi connectivity index (χ3n) is 6.86. The van der Waals surface area contributed by atoms with Gasteiger partial charge in [0.25, 0.3) is 20.2 Å². The number of azo groups is 1. The van der Waals surface area contributed by atoms with Crippen LogP contribution in [0.2, 0.25) is 5.28 Å². The maximum atomic E-state index is 12.7. The van der Waals surface area contributed by atoms with E-state index in [4.69, 9.17) is 21.4 Å². The third-order valence-corrected chi connectivity index (χ3v) is 11.5. The maximum absolute atomic E-state index is 12.7. The third kappa shape index (κ3) is 10.8. The quantitative estimate of drug-likeness (QED) is 0.0230. The summed E-state index contributed by atoms with van der Waals surface area (Å²) >= 11 is 6.36. The van der Waals surface area contributed by atoms with Crippen LogP contribution in [0.15, 0.2) is 96.5 Å². The zero-order valence-corrected chi connectivity index (χ0v) is 32.0. The van der Waals surface area contributed by atoms with Crippen molar-refractivity contribution in [2.24, 2.45) is 10.2 Å². The summed E-state index contributed by atoms with van der Waals surface area (Å²) in [5, 5.41) is 36.1. The Morgan fingerprint density at radius 3 is 2.14 bits per heavy atom. The number of aromatic hydroxyl groups is 1. The second kappa shape index (κ2) is 16.8. The number of fused-ring (bicyclic) bond motifs is 1. The molecule has 0 fully saturated rings. The summed E-state index contributed by atoms with van der Waals surface area (Å²) in [6.45, 7) is -0.878. The minimum atomic E-state index is -4.95. The number of phenolic OH excluding ortho intramolecular Hbond substituents is 1. The van der Waals surface area contributed by atoms with Gasteiger partial charge in [-0.2, -0.15) is 40.2 Å². The lowest BCUT2D eigenvalue weighted by Gasteiger charge is -2.15. The highest BCUT2D eigenvalue weighted by Gasteiger charge is 2.23. The number of benzene rings is 4.